The zero-order valence-corrected chi connectivity index (χ0v) is 11.8. The number of carbonyl (C=O) groups excluding carboxylic acids is 1. The van der Waals surface area contributed by atoms with E-state index in [-0.39, 0.29) is 12.5 Å². The summed E-state index contributed by atoms with van der Waals surface area (Å²) in [6, 6.07) is 13.3. The molecule has 0 aliphatic rings. The Labute approximate surface area is 123 Å². The number of nitrogens with one attached hydrogen (secondary N) is 1. The smallest absolute Gasteiger partial charge is 0.251 e. The molecule has 0 unspecified atom stereocenters. The van der Waals surface area contributed by atoms with E-state index in [9.17, 15) is 14.3 Å². The second kappa shape index (κ2) is 6.99. The molecular formula is C17H18FNO2. The molecule has 0 aromatic heterocycles. The summed E-state index contributed by atoms with van der Waals surface area (Å²) >= 11 is 0. The van der Waals surface area contributed by atoms with Crippen LogP contribution in [0.1, 0.15) is 21.5 Å². The molecule has 2 aromatic rings. The fraction of sp³-hybridized carbons (Fsp3) is 0.235. The quantitative estimate of drug-likeness (QED) is 0.887. The number of hydrogen-bond acceptors (Lipinski definition) is 2. The lowest BCUT2D eigenvalue weighted by molar-refractivity contribution is 0.0915. The van der Waals surface area contributed by atoms with E-state index in [1.807, 2.05) is 30.3 Å². The Kier molecular flexibility index (Phi) is 5.06. The lowest BCUT2D eigenvalue weighted by atomic mass is 10.0. The van der Waals surface area contributed by atoms with Crippen LogP contribution in [0.2, 0.25) is 0 Å². The first-order chi connectivity index (χ1) is 10.1. The Hall–Kier alpha value is -2.20. The molecule has 1 amide bonds. The zero-order valence-electron chi connectivity index (χ0n) is 11.8. The van der Waals surface area contributed by atoms with E-state index in [4.69, 9.17) is 0 Å². The van der Waals surface area contributed by atoms with E-state index >= 15 is 0 Å². The van der Waals surface area contributed by atoms with E-state index in [0.717, 1.165) is 5.56 Å². The van der Waals surface area contributed by atoms with E-state index in [1.54, 1.807) is 13.0 Å². The fourth-order valence-electron chi connectivity index (χ4n) is 2.16. The Morgan fingerprint density at radius 1 is 1.24 bits per heavy atom. The molecule has 0 bridgehead atoms. The van der Waals surface area contributed by atoms with Gasteiger partial charge in [0.1, 0.15) is 5.82 Å². The summed E-state index contributed by atoms with van der Waals surface area (Å²) in [6.45, 7) is 1.58. The molecule has 2 aromatic carbocycles. The fourth-order valence-corrected chi connectivity index (χ4v) is 2.16. The Balaban J connectivity index is 2.07. The first-order valence-corrected chi connectivity index (χ1v) is 6.82. The highest BCUT2D eigenvalue weighted by atomic mass is 19.1. The SMILES string of the molecule is Cc1ccc(F)cc1C(=O)N[C@H](CO)Cc1ccccc1. The molecular weight excluding hydrogens is 269 g/mol. The Morgan fingerprint density at radius 3 is 2.62 bits per heavy atom. The number of rotatable bonds is 5. The van der Waals surface area contributed by atoms with Gasteiger partial charge in [0, 0.05) is 5.56 Å². The number of carbonyl (C=O) groups is 1. The predicted octanol–water partition coefficient (Wildman–Crippen LogP) is 2.47. The summed E-state index contributed by atoms with van der Waals surface area (Å²) in [5.74, 6) is -0.823. The first kappa shape index (κ1) is 15.2. The molecule has 4 heteroatoms. The standard InChI is InChI=1S/C17H18FNO2/c1-12-7-8-14(18)10-16(12)17(21)19-15(11-20)9-13-5-3-2-4-6-13/h2-8,10,15,20H,9,11H2,1H3,(H,19,21)/t15-/m0/s1. The number of benzene rings is 2. The van der Waals surface area contributed by atoms with Crippen molar-refractivity contribution in [2.24, 2.45) is 0 Å². The van der Waals surface area contributed by atoms with E-state index in [0.29, 0.717) is 17.5 Å². The van der Waals surface area contributed by atoms with E-state index in [2.05, 4.69) is 5.32 Å². The highest BCUT2D eigenvalue weighted by Crippen LogP contribution is 2.11. The van der Waals surface area contributed by atoms with Crippen LogP contribution in [0.15, 0.2) is 48.5 Å². The van der Waals surface area contributed by atoms with Gasteiger partial charge in [-0.15, -0.1) is 0 Å². The average molecular weight is 287 g/mol. The molecule has 0 radical (unpaired) electrons. The van der Waals surface area contributed by atoms with Crippen LogP contribution >= 0.6 is 0 Å². The summed E-state index contributed by atoms with van der Waals surface area (Å²) in [4.78, 5) is 12.2. The molecule has 21 heavy (non-hydrogen) atoms. The zero-order chi connectivity index (χ0) is 15.2. The summed E-state index contributed by atoms with van der Waals surface area (Å²) in [5, 5.41) is 12.2. The van der Waals surface area contributed by atoms with Crippen LogP contribution in [-0.2, 0) is 6.42 Å². The number of aliphatic hydroxyl groups is 1. The van der Waals surface area contributed by atoms with Crippen molar-refractivity contribution < 1.29 is 14.3 Å². The van der Waals surface area contributed by atoms with Gasteiger partial charge in [-0.1, -0.05) is 36.4 Å². The molecule has 0 aliphatic heterocycles. The summed E-state index contributed by atoms with van der Waals surface area (Å²) < 4.78 is 13.2. The molecule has 0 aliphatic carbocycles. The van der Waals surface area contributed by atoms with Crippen molar-refractivity contribution in [3.63, 3.8) is 0 Å². The second-order valence-corrected chi connectivity index (χ2v) is 5.00. The van der Waals surface area contributed by atoms with Crippen LogP contribution < -0.4 is 5.32 Å². The minimum absolute atomic E-state index is 0.172. The van der Waals surface area contributed by atoms with Crippen molar-refractivity contribution in [1.29, 1.82) is 0 Å². The van der Waals surface area contributed by atoms with Crippen LogP contribution in [0.5, 0.6) is 0 Å². The van der Waals surface area contributed by atoms with Crippen LogP contribution in [-0.4, -0.2) is 23.7 Å². The van der Waals surface area contributed by atoms with Crippen molar-refractivity contribution in [2.75, 3.05) is 6.61 Å². The average Bonchev–Trinajstić information content (AvgIpc) is 2.50. The number of halogens is 1. The van der Waals surface area contributed by atoms with Gasteiger partial charge < -0.3 is 10.4 Å². The van der Waals surface area contributed by atoms with Gasteiger partial charge in [0.25, 0.3) is 5.91 Å². The highest BCUT2D eigenvalue weighted by Gasteiger charge is 2.15. The first-order valence-electron chi connectivity index (χ1n) is 6.82. The topological polar surface area (TPSA) is 49.3 Å². The van der Waals surface area contributed by atoms with Gasteiger partial charge in [-0.05, 0) is 36.6 Å². The van der Waals surface area contributed by atoms with Gasteiger partial charge in [0.15, 0.2) is 0 Å². The highest BCUT2D eigenvalue weighted by molar-refractivity contribution is 5.95. The number of aryl methyl sites for hydroxylation is 1. The maximum absolute atomic E-state index is 13.2. The second-order valence-electron chi connectivity index (χ2n) is 5.00. The van der Waals surface area contributed by atoms with Crippen LogP contribution in [0, 0.1) is 12.7 Å². The van der Waals surface area contributed by atoms with E-state index < -0.39 is 11.9 Å². The molecule has 0 fully saturated rings. The molecule has 2 N–H and O–H groups in total. The summed E-state index contributed by atoms with van der Waals surface area (Å²) in [6.07, 6.45) is 0.525. The molecule has 0 heterocycles. The molecule has 0 spiro atoms. The maximum atomic E-state index is 13.2. The van der Waals surface area contributed by atoms with Gasteiger partial charge in [0.2, 0.25) is 0 Å². The minimum atomic E-state index is -0.450. The monoisotopic (exact) mass is 287 g/mol. The number of amides is 1. The normalized spacial score (nSPS) is 12.0. The minimum Gasteiger partial charge on any atom is -0.394 e. The third-order valence-corrected chi connectivity index (χ3v) is 3.32. The van der Waals surface area contributed by atoms with E-state index in [1.165, 1.54) is 12.1 Å². The van der Waals surface area contributed by atoms with Gasteiger partial charge in [-0.25, -0.2) is 4.39 Å². The van der Waals surface area contributed by atoms with Crippen molar-refractivity contribution >= 4 is 5.91 Å². The largest absolute Gasteiger partial charge is 0.394 e. The van der Waals surface area contributed by atoms with Gasteiger partial charge in [-0.3, -0.25) is 4.79 Å². The maximum Gasteiger partial charge on any atom is 0.251 e. The van der Waals surface area contributed by atoms with Gasteiger partial charge in [0.05, 0.1) is 12.6 Å². The van der Waals surface area contributed by atoms with Crippen molar-refractivity contribution in [2.45, 2.75) is 19.4 Å². The lowest BCUT2D eigenvalue weighted by Gasteiger charge is -2.17. The molecule has 2 rings (SSSR count). The number of hydrogen-bond donors (Lipinski definition) is 2. The number of aliphatic hydroxyl groups excluding tert-OH is 1. The third-order valence-electron chi connectivity index (χ3n) is 3.32. The van der Waals surface area contributed by atoms with Gasteiger partial charge in [-0.2, -0.15) is 0 Å². The van der Waals surface area contributed by atoms with Crippen molar-refractivity contribution in [1.82, 2.24) is 5.32 Å². The van der Waals surface area contributed by atoms with Gasteiger partial charge >= 0.3 is 0 Å². The van der Waals surface area contributed by atoms with Crippen LogP contribution in [0.25, 0.3) is 0 Å². The summed E-state index contributed by atoms with van der Waals surface area (Å²) in [5.41, 5.74) is 2.01. The predicted molar refractivity (Wildman–Crippen MR) is 79.6 cm³/mol. The van der Waals surface area contributed by atoms with Crippen molar-refractivity contribution in [3.05, 3.63) is 71.0 Å². The third kappa shape index (κ3) is 4.13. The molecule has 1 atom stereocenters. The lowest BCUT2D eigenvalue weighted by Crippen LogP contribution is -2.39. The Bertz CT molecular complexity index is 613. The Morgan fingerprint density at radius 2 is 1.95 bits per heavy atom. The molecule has 110 valence electrons. The molecule has 3 nitrogen and oxygen atoms in total. The summed E-state index contributed by atoms with van der Waals surface area (Å²) in [7, 11) is 0. The van der Waals surface area contributed by atoms with Crippen molar-refractivity contribution in [3.8, 4) is 0 Å². The molecule has 0 saturated carbocycles. The van der Waals surface area contributed by atoms with Crippen LogP contribution in [0.3, 0.4) is 0 Å². The van der Waals surface area contributed by atoms with Crippen LogP contribution in [0.4, 0.5) is 4.39 Å². The molecule has 0 saturated heterocycles.